The summed E-state index contributed by atoms with van der Waals surface area (Å²) in [6.07, 6.45) is 2.70. The van der Waals surface area contributed by atoms with E-state index in [-0.39, 0.29) is 18.4 Å². The zero-order valence-corrected chi connectivity index (χ0v) is 13.2. The lowest BCUT2D eigenvalue weighted by molar-refractivity contribution is -0.116. The van der Waals surface area contributed by atoms with Gasteiger partial charge < -0.3 is 16.0 Å². The maximum atomic E-state index is 12.4. The van der Waals surface area contributed by atoms with E-state index in [9.17, 15) is 4.79 Å². The molecule has 1 atom stereocenters. The molecule has 1 heterocycles. The summed E-state index contributed by atoms with van der Waals surface area (Å²) in [4.78, 5) is 14.7. The zero-order chi connectivity index (χ0) is 16.1. The number of nitrogens with zero attached hydrogens (tertiary/aromatic N) is 1. The van der Waals surface area contributed by atoms with Crippen molar-refractivity contribution >= 4 is 17.3 Å². The molecule has 0 aliphatic carbocycles. The minimum atomic E-state index is -0.282. The van der Waals surface area contributed by atoms with Crippen molar-refractivity contribution in [1.29, 1.82) is 0 Å². The van der Waals surface area contributed by atoms with Crippen molar-refractivity contribution in [2.45, 2.75) is 25.3 Å². The quantitative estimate of drug-likeness (QED) is 0.891. The fraction of sp³-hybridized carbons (Fsp3) is 0.316. The molecule has 1 aliphatic heterocycles. The molecule has 4 heteroatoms. The highest BCUT2D eigenvalue weighted by molar-refractivity contribution is 5.94. The van der Waals surface area contributed by atoms with E-state index in [4.69, 9.17) is 5.73 Å². The van der Waals surface area contributed by atoms with Crippen molar-refractivity contribution in [3.63, 3.8) is 0 Å². The number of carbonyl (C=O) groups excluding carboxylic acids is 1. The molecule has 0 spiro atoms. The fourth-order valence-corrected chi connectivity index (χ4v) is 3.03. The number of hydrogen-bond acceptors (Lipinski definition) is 3. The van der Waals surface area contributed by atoms with Crippen LogP contribution in [0.2, 0.25) is 0 Å². The molecular formula is C19H23N3O. The van der Waals surface area contributed by atoms with Crippen LogP contribution in [0.4, 0.5) is 11.4 Å². The van der Waals surface area contributed by atoms with E-state index in [0.717, 1.165) is 30.0 Å². The van der Waals surface area contributed by atoms with E-state index < -0.39 is 0 Å². The van der Waals surface area contributed by atoms with Gasteiger partial charge in [0.05, 0.1) is 11.4 Å². The second kappa shape index (κ2) is 7.29. The maximum absolute atomic E-state index is 12.4. The summed E-state index contributed by atoms with van der Waals surface area (Å²) >= 11 is 0. The number of hydrogen-bond donors (Lipinski definition) is 2. The van der Waals surface area contributed by atoms with Gasteiger partial charge in [0, 0.05) is 25.6 Å². The van der Waals surface area contributed by atoms with Crippen LogP contribution in [0.3, 0.4) is 0 Å². The molecule has 23 heavy (non-hydrogen) atoms. The van der Waals surface area contributed by atoms with Crippen molar-refractivity contribution in [2.75, 3.05) is 23.3 Å². The first kappa shape index (κ1) is 15.6. The SMILES string of the molecule is NC(CC(=O)Nc1ccccc1N1CCCC1)c1ccccc1. The molecule has 3 N–H and O–H groups in total. The minimum absolute atomic E-state index is 0.0481. The summed E-state index contributed by atoms with van der Waals surface area (Å²) in [7, 11) is 0. The summed E-state index contributed by atoms with van der Waals surface area (Å²) in [6, 6.07) is 17.4. The highest BCUT2D eigenvalue weighted by Crippen LogP contribution is 2.29. The molecule has 0 saturated carbocycles. The monoisotopic (exact) mass is 309 g/mol. The van der Waals surface area contributed by atoms with Gasteiger partial charge in [-0.25, -0.2) is 0 Å². The molecule has 0 bridgehead atoms. The van der Waals surface area contributed by atoms with Gasteiger partial charge in [0.1, 0.15) is 0 Å². The van der Waals surface area contributed by atoms with Crippen LogP contribution < -0.4 is 16.0 Å². The Kier molecular flexibility index (Phi) is 4.93. The molecule has 4 nitrogen and oxygen atoms in total. The third-order valence-corrected chi connectivity index (χ3v) is 4.26. The zero-order valence-electron chi connectivity index (χ0n) is 13.2. The first-order chi connectivity index (χ1) is 11.2. The summed E-state index contributed by atoms with van der Waals surface area (Å²) in [5.41, 5.74) is 9.10. The molecule has 1 saturated heterocycles. The van der Waals surface area contributed by atoms with E-state index in [0.29, 0.717) is 0 Å². The van der Waals surface area contributed by atoms with E-state index in [2.05, 4.69) is 16.3 Å². The Morgan fingerprint density at radius 3 is 2.43 bits per heavy atom. The van der Waals surface area contributed by atoms with Crippen molar-refractivity contribution < 1.29 is 4.79 Å². The minimum Gasteiger partial charge on any atom is -0.370 e. The Morgan fingerprint density at radius 1 is 1.04 bits per heavy atom. The number of amides is 1. The topological polar surface area (TPSA) is 58.4 Å². The predicted molar refractivity (Wildman–Crippen MR) is 94.5 cm³/mol. The number of anilines is 2. The first-order valence-electron chi connectivity index (χ1n) is 8.18. The lowest BCUT2D eigenvalue weighted by Crippen LogP contribution is -2.23. The Balaban J connectivity index is 1.66. The largest absolute Gasteiger partial charge is 0.370 e. The van der Waals surface area contributed by atoms with Crippen LogP contribution in [-0.2, 0) is 4.79 Å². The molecule has 0 radical (unpaired) electrons. The van der Waals surface area contributed by atoms with Gasteiger partial charge in [-0.05, 0) is 30.5 Å². The van der Waals surface area contributed by atoms with Crippen molar-refractivity contribution in [3.05, 3.63) is 60.2 Å². The third kappa shape index (κ3) is 3.90. The number of nitrogens with one attached hydrogen (secondary N) is 1. The van der Waals surface area contributed by atoms with Crippen LogP contribution in [0.1, 0.15) is 30.9 Å². The average molecular weight is 309 g/mol. The molecule has 2 aromatic rings. The van der Waals surface area contributed by atoms with Gasteiger partial charge in [0.2, 0.25) is 5.91 Å². The standard InChI is InChI=1S/C19H23N3O/c20-16(15-8-2-1-3-9-15)14-19(23)21-17-10-4-5-11-18(17)22-12-6-7-13-22/h1-5,8-11,16H,6-7,12-14,20H2,(H,21,23). The van der Waals surface area contributed by atoms with Crippen LogP contribution in [-0.4, -0.2) is 19.0 Å². The molecule has 1 aliphatic rings. The molecule has 2 aromatic carbocycles. The fourth-order valence-electron chi connectivity index (χ4n) is 3.03. The van der Waals surface area contributed by atoms with Crippen LogP contribution in [0.25, 0.3) is 0 Å². The second-order valence-electron chi connectivity index (χ2n) is 5.98. The molecule has 3 rings (SSSR count). The smallest absolute Gasteiger partial charge is 0.226 e. The first-order valence-corrected chi connectivity index (χ1v) is 8.18. The van der Waals surface area contributed by atoms with Gasteiger partial charge >= 0.3 is 0 Å². The molecule has 1 amide bonds. The number of para-hydroxylation sites is 2. The van der Waals surface area contributed by atoms with Crippen molar-refractivity contribution in [2.24, 2.45) is 5.73 Å². The van der Waals surface area contributed by atoms with Crippen LogP contribution >= 0.6 is 0 Å². The van der Waals surface area contributed by atoms with Gasteiger partial charge in [-0.15, -0.1) is 0 Å². The predicted octanol–water partition coefficient (Wildman–Crippen LogP) is 3.32. The summed E-state index contributed by atoms with van der Waals surface area (Å²) < 4.78 is 0. The van der Waals surface area contributed by atoms with Crippen LogP contribution in [0.5, 0.6) is 0 Å². The normalized spacial score (nSPS) is 15.4. The van der Waals surface area contributed by atoms with E-state index in [1.807, 2.05) is 48.5 Å². The second-order valence-corrected chi connectivity index (χ2v) is 5.98. The van der Waals surface area contributed by atoms with E-state index in [1.54, 1.807) is 0 Å². The summed E-state index contributed by atoms with van der Waals surface area (Å²) in [5.74, 6) is -0.0481. The van der Waals surface area contributed by atoms with E-state index >= 15 is 0 Å². The van der Waals surface area contributed by atoms with Crippen LogP contribution in [0, 0.1) is 0 Å². The molecule has 1 fully saturated rings. The highest BCUT2D eigenvalue weighted by Gasteiger charge is 2.17. The molecule has 0 aromatic heterocycles. The Morgan fingerprint density at radius 2 is 1.70 bits per heavy atom. The molecule has 120 valence electrons. The number of nitrogens with two attached hydrogens (primary N) is 1. The third-order valence-electron chi connectivity index (χ3n) is 4.26. The molecule has 1 unspecified atom stereocenters. The van der Waals surface area contributed by atoms with Crippen molar-refractivity contribution in [3.8, 4) is 0 Å². The number of carbonyl (C=O) groups is 1. The van der Waals surface area contributed by atoms with Gasteiger partial charge in [-0.2, -0.15) is 0 Å². The van der Waals surface area contributed by atoms with Gasteiger partial charge in [0.25, 0.3) is 0 Å². The lowest BCUT2D eigenvalue weighted by atomic mass is 10.0. The van der Waals surface area contributed by atoms with Gasteiger partial charge in [-0.3, -0.25) is 4.79 Å². The van der Waals surface area contributed by atoms with Gasteiger partial charge in [-0.1, -0.05) is 42.5 Å². The number of rotatable bonds is 5. The average Bonchev–Trinajstić information content (AvgIpc) is 3.10. The van der Waals surface area contributed by atoms with Crippen LogP contribution in [0.15, 0.2) is 54.6 Å². The van der Waals surface area contributed by atoms with Gasteiger partial charge in [0.15, 0.2) is 0 Å². The summed E-state index contributed by atoms with van der Waals surface area (Å²) in [6.45, 7) is 2.10. The van der Waals surface area contributed by atoms with E-state index in [1.165, 1.54) is 12.8 Å². The Bertz CT molecular complexity index is 651. The Hall–Kier alpha value is -2.33. The maximum Gasteiger partial charge on any atom is 0.226 e. The number of benzene rings is 2. The lowest BCUT2D eigenvalue weighted by Gasteiger charge is -2.22. The Labute approximate surface area is 137 Å². The highest BCUT2D eigenvalue weighted by atomic mass is 16.1. The van der Waals surface area contributed by atoms with Crippen molar-refractivity contribution in [1.82, 2.24) is 0 Å². The molecular weight excluding hydrogens is 286 g/mol. The summed E-state index contributed by atoms with van der Waals surface area (Å²) in [5, 5.41) is 3.03.